The highest BCUT2D eigenvalue weighted by Gasteiger charge is 2.55. The van der Waals surface area contributed by atoms with Crippen LogP contribution >= 0.6 is 12.2 Å². The van der Waals surface area contributed by atoms with Crippen molar-refractivity contribution in [3.05, 3.63) is 11.0 Å². The van der Waals surface area contributed by atoms with Gasteiger partial charge in [-0.1, -0.05) is 79.7 Å². The van der Waals surface area contributed by atoms with Gasteiger partial charge in [0.2, 0.25) is 0 Å². The van der Waals surface area contributed by atoms with E-state index in [1.807, 2.05) is 0 Å². The van der Waals surface area contributed by atoms with Crippen LogP contribution in [0.5, 0.6) is 0 Å². The molecule has 0 bridgehead atoms. The Morgan fingerprint density at radius 3 is 1.85 bits per heavy atom. The summed E-state index contributed by atoms with van der Waals surface area (Å²) in [7, 11) is -6.55. The molecule has 9 nitrogen and oxygen atoms in total. The molecule has 0 spiro atoms. The Balaban J connectivity index is 2.15. The van der Waals surface area contributed by atoms with Crippen LogP contribution < -0.4 is 0 Å². The van der Waals surface area contributed by atoms with Crippen LogP contribution in [-0.2, 0) is 18.0 Å². The zero-order valence-electron chi connectivity index (χ0n) is 27.4. The molecule has 3 heterocycles. The van der Waals surface area contributed by atoms with Crippen molar-refractivity contribution in [2.24, 2.45) is 0 Å². The van der Waals surface area contributed by atoms with Gasteiger partial charge < -0.3 is 23.0 Å². The van der Waals surface area contributed by atoms with Crippen LogP contribution in [0.4, 0.5) is 0 Å². The fraction of sp³-hybridized carbons (Fsp3) is 0.852. The highest BCUT2D eigenvalue weighted by atomic mass is 32.1. The number of hydrogen-bond donors (Lipinski definition) is 1. The molecule has 228 valence electrons. The first-order valence-corrected chi connectivity index (χ1v) is 23.5. The summed E-state index contributed by atoms with van der Waals surface area (Å²) in [4.78, 5) is 7.38. The number of H-pyrrole nitrogens is 1. The molecule has 13 heteroatoms. The van der Waals surface area contributed by atoms with Crippen molar-refractivity contribution in [2.45, 2.75) is 141 Å². The van der Waals surface area contributed by atoms with Gasteiger partial charge in [-0.15, -0.1) is 5.10 Å². The van der Waals surface area contributed by atoms with Gasteiger partial charge in [0.05, 0.1) is 12.9 Å². The molecule has 1 saturated heterocycles. The molecule has 40 heavy (non-hydrogen) atoms. The van der Waals surface area contributed by atoms with Crippen molar-refractivity contribution < 1.29 is 18.0 Å². The molecular formula is C27H53N5O4SSi3. The summed E-state index contributed by atoms with van der Waals surface area (Å²) in [6, 6.07) is 0. The van der Waals surface area contributed by atoms with E-state index in [0.29, 0.717) is 22.4 Å². The van der Waals surface area contributed by atoms with Gasteiger partial charge in [-0.2, -0.15) is 4.68 Å². The highest BCUT2D eigenvalue weighted by Crippen LogP contribution is 2.46. The summed E-state index contributed by atoms with van der Waals surface area (Å²) < 4.78 is 30.2. The van der Waals surface area contributed by atoms with E-state index in [0.717, 1.165) is 0 Å². The van der Waals surface area contributed by atoms with E-state index >= 15 is 0 Å². The molecule has 1 aliphatic rings. The molecule has 2 aromatic heterocycles. The minimum absolute atomic E-state index is 0.00801. The number of nitrogens with zero attached hydrogens (tertiary/aromatic N) is 4. The zero-order valence-corrected chi connectivity index (χ0v) is 31.2. The fourth-order valence-electron chi connectivity index (χ4n) is 3.81. The molecule has 0 radical (unpaired) electrons. The minimum Gasteiger partial charge on any atom is -0.414 e. The molecule has 2 aromatic rings. The summed E-state index contributed by atoms with van der Waals surface area (Å²) in [6.07, 6.45) is -0.0934. The van der Waals surface area contributed by atoms with Crippen molar-refractivity contribution in [3.63, 3.8) is 0 Å². The predicted molar refractivity (Wildman–Crippen MR) is 172 cm³/mol. The Morgan fingerprint density at radius 1 is 0.850 bits per heavy atom. The molecular weight excluding hydrogens is 575 g/mol. The van der Waals surface area contributed by atoms with Gasteiger partial charge in [0, 0.05) is 0 Å². The third kappa shape index (κ3) is 6.71. The second kappa shape index (κ2) is 11.0. The number of hydrogen-bond acceptors (Lipinski definition) is 8. The van der Waals surface area contributed by atoms with Gasteiger partial charge in [-0.3, -0.25) is 0 Å². The van der Waals surface area contributed by atoms with Gasteiger partial charge in [0.25, 0.3) is 0 Å². The first kappa shape index (κ1) is 33.7. The number of aromatic amines is 1. The van der Waals surface area contributed by atoms with E-state index in [9.17, 15) is 0 Å². The van der Waals surface area contributed by atoms with Gasteiger partial charge >= 0.3 is 0 Å². The summed E-state index contributed by atoms with van der Waals surface area (Å²) in [5, 5.41) is 8.93. The lowest BCUT2D eigenvalue weighted by atomic mass is 10.1. The number of ether oxygens (including phenoxy) is 1. The maximum atomic E-state index is 7.20. The molecule has 1 N–H and O–H groups in total. The van der Waals surface area contributed by atoms with Crippen LogP contribution in [0.15, 0.2) is 6.33 Å². The topological polar surface area (TPSA) is 96.3 Å². The van der Waals surface area contributed by atoms with Gasteiger partial charge in [0.1, 0.15) is 18.3 Å². The van der Waals surface area contributed by atoms with Crippen molar-refractivity contribution in [1.29, 1.82) is 0 Å². The van der Waals surface area contributed by atoms with Crippen molar-refractivity contribution in [3.8, 4) is 0 Å². The lowest BCUT2D eigenvalue weighted by Crippen LogP contribution is -2.54. The maximum absolute atomic E-state index is 7.20. The zero-order chi connectivity index (χ0) is 30.7. The quantitative estimate of drug-likeness (QED) is 0.236. The lowest BCUT2D eigenvalue weighted by Gasteiger charge is -2.44. The van der Waals surface area contributed by atoms with Crippen LogP contribution in [0.2, 0.25) is 54.4 Å². The average molecular weight is 628 g/mol. The van der Waals surface area contributed by atoms with Gasteiger partial charge in [-0.05, 0) is 54.4 Å². The Morgan fingerprint density at radius 2 is 1.35 bits per heavy atom. The largest absolute Gasteiger partial charge is 0.414 e. The molecule has 4 atom stereocenters. The average Bonchev–Trinajstić information content (AvgIpc) is 3.32. The fourth-order valence-corrected chi connectivity index (χ4v) is 7.62. The maximum Gasteiger partial charge on any atom is 0.192 e. The molecule has 0 aromatic carbocycles. The molecule has 0 aliphatic carbocycles. The van der Waals surface area contributed by atoms with Crippen molar-refractivity contribution in [2.75, 3.05) is 6.61 Å². The minimum atomic E-state index is -2.27. The van der Waals surface area contributed by atoms with E-state index in [4.69, 9.17) is 30.2 Å². The summed E-state index contributed by atoms with van der Waals surface area (Å²) in [5.74, 6) is 0. The predicted octanol–water partition coefficient (Wildman–Crippen LogP) is 7.58. The number of fused-ring (bicyclic) bond motifs is 1. The first-order valence-electron chi connectivity index (χ1n) is 14.3. The van der Waals surface area contributed by atoms with Crippen LogP contribution in [0.3, 0.4) is 0 Å². The second-order valence-corrected chi connectivity index (χ2v) is 30.5. The SMILES string of the molecule is CC(C)(C)[Si](C)(C)OC[C@H]1O[C@@H](n2nnc3c(=S)nc[nH]c32)[C@H](O[Si](C)(C)C(C)(C)C)[C@@H]1O[Si](C)(C)C(C)(C)C. The summed E-state index contributed by atoms with van der Waals surface area (Å²) in [5.41, 5.74) is 1.20. The van der Waals surface area contributed by atoms with E-state index in [2.05, 4.69) is 122 Å². The molecule has 0 unspecified atom stereocenters. The van der Waals surface area contributed by atoms with Crippen LogP contribution in [0.1, 0.15) is 68.5 Å². The number of aromatic nitrogens is 5. The van der Waals surface area contributed by atoms with Crippen LogP contribution in [-0.4, -0.2) is 74.8 Å². The monoisotopic (exact) mass is 627 g/mol. The summed E-state index contributed by atoms with van der Waals surface area (Å²) in [6.45, 7) is 34.3. The van der Waals surface area contributed by atoms with Gasteiger partial charge in [0.15, 0.2) is 47.0 Å². The highest BCUT2D eigenvalue weighted by molar-refractivity contribution is 7.71. The number of nitrogens with one attached hydrogen (secondary N) is 1. The Kier molecular flexibility index (Phi) is 9.29. The Labute approximate surface area is 249 Å². The van der Waals surface area contributed by atoms with Crippen LogP contribution in [0, 0.1) is 4.64 Å². The molecule has 1 aliphatic heterocycles. The van der Waals surface area contributed by atoms with Crippen molar-refractivity contribution >= 4 is 48.3 Å². The van der Waals surface area contributed by atoms with Crippen molar-refractivity contribution in [1.82, 2.24) is 25.0 Å². The van der Waals surface area contributed by atoms with Crippen LogP contribution in [0.25, 0.3) is 11.2 Å². The third-order valence-electron chi connectivity index (χ3n) is 9.70. The lowest BCUT2D eigenvalue weighted by molar-refractivity contribution is -0.0535. The van der Waals surface area contributed by atoms with Gasteiger partial charge in [-0.25, -0.2) is 4.98 Å². The second-order valence-electron chi connectivity index (χ2n) is 15.8. The Bertz CT molecular complexity index is 1240. The van der Waals surface area contributed by atoms with E-state index in [-0.39, 0.29) is 27.3 Å². The molecule has 0 saturated carbocycles. The smallest absolute Gasteiger partial charge is 0.192 e. The molecule has 1 fully saturated rings. The number of rotatable bonds is 8. The molecule has 3 rings (SSSR count). The Hall–Kier alpha value is -0.809. The summed E-state index contributed by atoms with van der Waals surface area (Å²) >= 11 is 5.44. The molecule has 0 amide bonds. The first-order chi connectivity index (χ1) is 17.9. The van der Waals surface area contributed by atoms with E-state index in [1.54, 1.807) is 11.0 Å². The standard InChI is InChI=1S/C27H53N5O4SSi3/c1-25(2,3)38(10,11)33-16-18-20(35-39(12,13)26(4,5)6)21(36-40(14,15)27(7,8)9)24(34-18)32-22-19(30-31-32)23(37)29-17-28-22/h17-18,20-21,24H,16H2,1-15H3,(H,28,29,37)/t18-,20-,21-,24-/m1/s1. The van der Waals surface area contributed by atoms with E-state index in [1.165, 1.54) is 0 Å². The normalized spacial score (nSPS) is 23.8. The van der Waals surface area contributed by atoms with E-state index < -0.39 is 37.3 Å². The third-order valence-corrected chi connectivity index (χ3v) is 23.4.